The summed E-state index contributed by atoms with van der Waals surface area (Å²) in [4.78, 5) is 28.8. The molecule has 0 spiro atoms. The summed E-state index contributed by atoms with van der Waals surface area (Å²) >= 11 is 0. The summed E-state index contributed by atoms with van der Waals surface area (Å²) in [7, 11) is -4.16. The first-order chi connectivity index (χ1) is 16.2. The molecule has 1 aliphatic heterocycles. The van der Waals surface area contributed by atoms with Crippen LogP contribution in [-0.2, 0) is 10.0 Å². The summed E-state index contributed by atoms with van der Waals surface area (Å²) < 4.78 is 27.4. The molecular formula is C22H21N5O6S. The van der Waals surface area contributed by atoms with Crippen molar-refractivity contribution in [1.82, 2.24) is 4.98 Å². The number of amides is 1. The molecule has 1 aromatic heterocycles. The number of nitro groups is 1. The van der Waals surface area contributed by atoms with Crippen molar-refractivity contribution in [2.24, 2.45) is 0 Å². The average Bonchev–Trinajstić information content (AvgIpc) is 3.35. The summed E-state index contributed by atoms with van der Waals surface area (Å²) in [6, 6.07) is 12.1. The van der Waals surface area contributed by atoms with Gasteiger partial charge < -0.3 is 15.3 Å². The van der Waals surface area contributed by atoms with Crippen molar-refractivity contribution in [2.45, 2.75) is 17.7 Å². The lowest BCUT2D eigenvalue weighted by atomic mass is 10.2. The zero-order valence-electron chi connectivity index (χ0n) is 17.8. The van der Waals surface area contributed by atoms with Gasteiger partial charge in [-0.2, -0.15) is 0 Å². The van der Waals surface area contributed by atoms with Crippen LogP contribution >= 0.6 is 0 Å². The van der Waals surface area contributed by atoms with E-state index in [2.05, 4.69) is 19.9 Å². The fraction of sp³-hybridized carbons (Fsp3) is 0.182. The number of phenols is 1. The number of hydrogen-bond donors (Lipinski definition) is 3. The molecule has 0 atom stereocenters. The SMILES string of the molecule is O=C(Nc1ccc(N2CCCC2)nc1)c1ccc(NS(=O)(=O)c2ccc(O)c([N+](=O)[O-])c2)cc1. The molecule has 2 aromatic carbocycles. The molecule has 0 unspecified atom stereocenters. The maximum atomic E-state index is 12.6. The molecule has 4 rings (SSSR count). The maximum Gasteiger partial charge on any atom is 0.312 e. The second-order valence-electron chi connectivity index (χ2n) is 7.64. The van der Waals surface area contributed by atoms with Gasteiger partial charge in [0, 0.05) is 30.4 Å². The van der Waals surface area contributed by atoms with E-state index in [1.165, 1.54) is 24.3 Å². The molecule has 2 heterocycles. The number of carbonyl (C=O) groups excluding carboxylic acids is 1. The molecule has 0 bridgehead atoms. The van der Waals surface area contributed by atoms with Gasteiger partial charge in [-0.15, -0.1) is 0 Å². The van der Waals surface area contributed by atoms with Gasteiger partial charge in [0.25, 0.3) is 15.9 Å². The summed E-state index contributed by atoms with van der Waals surface area (Å²) in [5.74, 6) is -0.161. The third kappa shape index (κ3) is 5.07. The Balaban J connectivity index is 1.42. The predicted molar refractivity (Wildman–Crippen MR) is 126 cm³/mol. The van der Waals surface area contributed by atoms with Gasteiger partial charge in [0.05, 0.1) is 21.7 Å². The van der Waals surface area contributed by atoms with Crippen LogP contribution < -0.4 is 14.9 Å². The Morgan fingerprint density at radius 1 is 1.03 bits per heavy atom. The van der Waals surface area contributed by atoms with Crippen molar-refractivity contribution in [3.05, 3.63) is 76.5 Å². The van der Waals surface area contributed by atoms with E-state index in [0.29, 0.717) is 11.3 Å². The molecule has 176 valence electrons. The largest absolute Gasteiger partial charge is 0.502 e. The molecular weight excluding hydrogens is 462 g/mol. The van der Waals surface area contributed by atoms with Crippen molar-refractivity contribution in [2.75, 3.05) is 28.0 Å². The van der Waals surface area contributed by atoms with E-state index in [4.69, 9.17) is 0 Å². The summed E-state index contributed by atoms with van der Waals surface area (Å²) in [5.41, 5.74) is 0.264. The van der Waals surface area contributed by atoms with Gasteiger partial charge >= 0.3 is 5.69 Å². The Morgan fingerprint density at radius 3 is 2.32 bits per heavy atom. The monoisotopic (exact) mass is 483 g/mol. The Hall–Kier alpha value is -4.19. The van der Waals surface area contributed by atoms with E-state index in [0.717, 1.165) is 49.9 Å². The number of anilines is 3. The second kappa shape index (κ2) is 9.35. The van der Waals surface area contributed by atoms with Crippen LogP contribution in [0.5, 0.6) is 5.75 Å². The first-order valence-corrected chi connectivity index (χ1v) is 11.8. The minimum atomic E-state index is -4.16. The highest BCUT2D eigenvalue weighted by Crippen LogP contribution is 2.29. The molecule has 0 aliphatic carbocycles. The predicted octanol–water partition coefficient (Wildman–Crippen LogP) is 3.35. The molecule has 3 N–H and O–H groups in total. The minimum Gasteiger partial charge on any atom is -0.502 e. The number of aromatic nitrogens is 1. The minimum absolute atomic E-state index is 0.156. The summed E-state index contributed by atoms with van der Waals surface area (Å²) in [6.45, 7) is 1.94. The molecule has 34 heavy (non-hydrogen) atoms. The standard InChI is InChI=1S/C22H21N5O6S/c28-20-9-8-18(13-19(20)27(30)31)34(32,33)25-16-5-3-15(4-6-16)22(29)24-17-7-10-21(23-14-17)26-11-1-2-12-26/h3-10,13-14,25,28H,1-2,11-12H2,(H,24,29). The third-order valence-corrected chi connectivity index (χ3v) is 6.67. The van der Waals surface area contributed by atoms with E-state index in [9.17, 15) is 28.4 Å². The van der Waals surface area contributed by atoms with Gasteiger partial charge in [0.2, 0.25) is 0 Å². The zero-order valence-corrected chi connectivity index (χ0v) is 18.7. The van der Waals surface area contributed by atoms with Gasteiger partial charge in [-0.3, -0.25) is 19.6 Å². The number of benzene rings is 2. The van der Waals surface area contributed by atoms with Crippen LogP contribution in [0.25, 0.3) is 0 Å². The van der Waals surface area contributed by atoms with Crippen LogP contribution in [0.4, 0.5) is 22.9 Å². The van der Waals surface area contributed by atoms with Crippen molar-refractivity contribution >= 4 is 38.8 Å². The average molecular weight is 484 g/mol. The number of rotatable bonds is 7. The van der Waals surface area contributed by atoms with E-state index in [1.54, 1.807) is 12.3 Å². The number of carbonyl (C=O) groups is 1. The van der Waals surface area contributed by atoms with Crippen molar-refractivity contribution in [1.29, 1.82) is 0 Å². The van der Waals surface area contributed by atoms with Crippen molar-refractivity contribution < 1.29 is 23.2 Å². The number of phenolic OH excluding ortho intramolecular Hbond substituents is 1. The first kappa shape index (κ1) is 23.0. The molecule has 1 aliphatic rings. The Morgan fingerprint density at radius 2 is 1.71 bits per heavy atom. The van der Waals surface area contributed by atoms with Crippen LogP contribution in [-0.4, -0.2) is 42.4 Å². The van der Waals surface area contributed by atoms with Crippen molar-refractivity contribution in [3.63, 3.8) is 0 Å². The third-order valence-electron chi connectivity index (χ3n) is 5.29. The van der Waals surface area contributed by atoms with Gasteiger partial charge in [0.1, 0.15) is 5.82 Å². The lowest BCUT2D eigenvalue weighted by Crippen LogP contribution is -2.19. The number of sulfonamides is 1. The zero-order chi connectivity index (χ0) is 24.3. The van der Waals surface area contributed by atoms with E-state index in [-0.39, 0.29) is 16.5 Å². The quantitative estimate of drug-likeness (QED) is 0.341. The van der Waals surface area contributed by atoms with E-state index < -0.39 is 26.4 Å². The Bertz CT molecular complexity index is 1320. The summed E-state index contributed by atoms with van der Waals surface area (Å²) in [5, 5.41) is 23.2. The van der Waals surface area contributed by atoms with Crippen molar-refractivity contribution in [3.8, 4) is 5.75 Å². The number of nitrogens with zero attached hydrogens (tertiary/aromatic N) is 3. The number of hydrogen-bond acceptors (Lipinski definition) is 8. The lowest BCUT2D eigenvalue weighted by molar-refractivity contribution is -0.386. The van der Waals surface area contributed by atoms with Gasteiger partial charge in [-0.1, -0.05) is 0 Å². The fourth-order valence-corrected chi connectivity index (χ4v) is 4.60. The molecule has 0 radical (unpaired) electrons. The Labute approximate surface area is 195 Å². The van der Waals surface area contributed by atoms with Crippen LogP contribution in [0, 0.1) is 10.1 Å². The molecule has 1 saturated heterocycles. The lowest BCUT2D eigenvalue weighted by Gasteiger charge is -2.16. The molecule has 1 amide bonds. The first-order valence-electron chi connectivity index (χ1n) is 10.4. The Kier molecular flexibility index (Phi) is 6.32. The highest BCUT2D eigenvalue weighted by molar-refractivity contribution is 7.92. The van der Waals surface area contributed by atoms with Gasteiger partial charge in [-0.05, 0) is 61.4 Å². The second-order valence-corrected chi connectivity index (χ2v) is 9.33. The molecule has 1 fully saturated rings. The van der Waals surface area contributed by atoms with Crippen LogP contribution in [0.3, 0.4) is 0 Å². The van der Waals surface area contributed by atoms with E-state index >= 15 is 0 Å². The van der Waals surface area contributed by atoms with Crippen LogP contribution in [0.15, 0.2) is 65.7 Å². The summed E-state index contributed by atoms with van der Waals surface area (Å²) in [6.07, 6.45) is 3.87. The van der Waals surface area contributed by atoms with Crippen LogP contribution in [0.2, 0.25) is 0 Å². The number of pyridine rings is 1. The van der Waals surface area contributed by atoms with Gasteiger partial charge in [-0.25, -0.2) is 13.4 Å². The van der Waals surface area contributed by atoms with Crippen LogP contribution in [0.1, 0.15) is 23.2 Å². The molecule has 12 heteroatoms. The van der Waals surface area contributed by atoms with Gasteiger partial charge in [0.15, 0.2) is 5.75 Å². The number of nitro benzene ring substituents is 1. The normalized spacial score (nSPS) is 13.5. The molecule has 0 saturated carbocycles. The molecule has 11 nitrogen and oxygen atoms in total. The smallest absolute Gasteiger partial charge is 0.312 e. The highest BCUT2D eigenvalue weighted by atomic mass is 32.2. The maximum absolute atomic E-state index is 12.6. The molecule has 3 aromatic rings. The highest BCUT2D eigenvalue weighted by Gasteiger charge is 2.21. The number of aromatic hydroxyl groups is 1. The van der Waals surface area contributed by atoms with E-state index in [1.807, 2.05) is 6.07 Å². The topological polar surface area (TPSA) is 155 Å². The number of nitrogens with one attached hydrogen (secondary N) is 2. The fourth-order valence-electron chi connectivity index (χ4n) is 3.52.